The fourth-order valence-electron chi connectivity index (χ4n) is 7.91. The molecule has 0 spiro atoms. The Morgan fingerprint density at radius 2 is 0.545 bits per heavy atom. The molecule has 2 amide bonds. The van der Waals surface area contributed by atoms with Crippen molar-refractivity contribution in [2.24, 2.45) is 0 Å². The van der Waals surface area contributed by atoms with Crippen molar-refractivity contribution in [1.29, 1.82) is 0 Å². The van der Waals surface area contributed by atoms with Gasteiger partial charge in [-0.15, -0.1) is 0 Å². The molecule has 0 rings (SSSR count). The van der Waals surface area contributed by atoms with Gasteiger partial charge in [0, 0.05) is 45.6 Å². The molecule has 6 nitrogen and oxygen atoms in total. The summed E-state index contributed by atoms with van der Waals surface area (Å²) in [5, 5.41) is 9.25. The van der Waals surface area contributed by atoms with Gasteiger partial charge in [-0.05, 0) is 90.3 Å². The van der Waals surface area contributed by atoms with Gasteiger partial charge >= 0.3 is 0 Å². The largest absolute Gasteiger partial charge is 0.396 e. The lowest BCUT2D eigenvalue weighted by atomic mass is 10.1. The summed E-state index contributed by atoms with van der Waals surface area (Å²) in [7, 11) is 0. The lowest BCUT2D eigenvalue weighted by Gasteiger charge is -2.23. The van der Waals surface area contributed by atoms with E-state index in [-0.39, 0.29) is 0 Å². The van der Waals surface area contributed by atoms with Crippen molar-refractivity contribution in [3.8, 4) is 0 Å². The molecule has 1 N–H and O–H groups in total. The summed E-state index contributed by atoms with van der Waals surface area (Å²) in [6.45, 7) is 16.7. The number of amides is 2. The predicted molar refractivity (Wildman–Crippen MR) is 241 cm³/mol. The van der Waals surface area contributed by atoms with Crippen LogP contribution < -0.4 is 0 Å². The van der Waals surface area contributed by atoms with E-state index in [4.69, 9.17) is 0 Å². The Balaban J connectivity index is 4.42. The van der Waals surface area contributed by atoms with Crippen molar-refractivity contribution in [2.45, 2.75) is 252 Å². The van der Waals surface area contributed by atoms with Gasteiger partial charge in [0.2, 0.25) is 11.8 Å². The van der Waals surface area contributed by atoms with Crippen molar-refractivity contribution < 1.29 is 14.7 Å². The second-order valence-electron chi connectivity index (χ2n) is 17.1. The quantitative estimate of drug-likeness (QED) is 0.0626. The number of hydrogen-bond donors (Lipinski definition) is 1. The molecular weight excluding hydrogens is 679 g/mol. The van der Waals surface area contributed by atoms with Gasteiger partial charge in [-0.2, -0.15) is 0 Å². The van der Waals surface area contributed by atoms with Crippen LogP contribution in [0.5, 0.6) is 0 Å². The molecule has 0 aliphatic rings. The Hall–Kier alpha value is -1.14. The number of carbonyl (C=O) groups is 2. The maximum Gasteiger partial charge on any atom is 0.222 e. The molecule has 328 valence electrons. The molecule has 0 unspecified atom stereocenters. The van der Waals surface area contributed by atoms with Crippen LogP contribution in [0.15, 0.2) is 0 Å². The highest BCUT2D eigenvalue weighted by Gasteiger charge is 2.14. The first kappa shape index (κ1) is 53.9. The zero-order chi connectivity index (χ0) is 40.3. The molecule has 0 fully saturated rings. The normalized spacial score (nSPS) is 11.5. The average molecular weight is 778 g/mol. The van der Waals surface area contributed by atoms with Crippen molar-refractivity contribution >= 4 is 11.8 Å². The van der Waals surface area contributed by atoms with Gasteiger partial charge in [0.25, 0.3) is 0 Å². The maximum absolute atomic E-state index is 13.1. The third-order valence-electron chi connectivity index (χ3n) is 11.7. The SMILES string of the molecule is CCCCCCCCN(CCCCCC)C(=O)CCCCCCCN(CCCCCO)CCCCCCCC(=O)N(CCCCCC)CCCCCCCC. The van der Waals surface area contributed by atoms with Crippen molar-refractivity contribution in [2.75, 3.05) is 52.4 Å². The Morgan fingerprint density at radius 3 is 0.855 bits per heavy atom. The van der Waals surface area contributed by atoms with Crippen molar-refractivity contribution in [1.82, 2.24) is 14.7 Å². The first-order valence-corrected chi connectivity index (χ1v) is 24.9. The lowest BCUT2D eigenvalue weighted by molar-refractivity contribution is -0.132. The first-order valence-electron chi connectivity index (χ1n) is 24.9. The summed E-state index contributed by atoms with van der Waals surface area (Å²) in [5.41, 5.74) is 0. The average Bonchev–Trinajstić information content (AvgIpc) is 3.19. The number of nitrogens with zero attached hydrogens (tertiary/aromatic N) is 3. The van der Waals surface area contributed by atoms with Gasteiger partial charge in [-0.25, -0.2) is 0 Å². The third-order valence-corrected chi connectivity index (χ3v) is 11.7. The topological polar surface area (TPSA) is 64.1 Å². The van der Waals surface area contributed by atoms with Gasteiger partial charge in [-0.1, -0.05) is 169 Å². The minimum Gasteiger partial charge on any atom is -0.396 e. The number of unbranched alkanes of at least 4 members (excludes halogenated alkanes) is 26. The number of rotatable bonds is 45. The Morgan fingerprint density at radius 1 is 0.309 bits per heavy atom. The summed E-state index contributed by atoms with van der Waals surface area (Å²) in [6.07, 6.45) is 41.8. The number of hydrogen-bond acceptors (Lipinski definition) is 4. The number of carbonyl (C=O) groups excluding carboxylic acids is 2. The van der Waals surface area contributed by atoms with Crippen LogP contribution in [0.1, 0.15) is 252 Å². The highest BCUT2D eigenvalue weighted by Crippen LogP contribution is 2.15. The van der Waals surface area contributed by atoms with E-state index < -0.39 is 0 Å². The first-order chi connectivity index (χ1) is 27.0. The van der Waals surface area contributed by atoms with Crippen LogP contribution in [0.4, 0.5) is 0 Å². The Bertz CT molecular complexity index is 735. The molecule has 0 atom stereocenters. The summed E-state index contributed by atoms with van der Waals surface area (Å²) >= 11 is 0. The molecule has 0 aromatic carbocycles. The molecule has 0 aromatic heterocycles. The Labute approximate surface area is 345 Å². The van der Waals surface area contributed by atoms with E-state index in [1.165, 1.54) is 174 Å². The molecule has 0 aliphatic carbocycles. The highest BCUT2D eigenvalue weighted by molar-refractivity contribution is 5.76. The predicted octanol–water partition coefficient (Wildman–Crippen LogP) is 13.7. The smallest absolute Gasteiger partial charge is 0.222 e. The van der Waals surface area contributed by atoms with Crippen LogP contribution in [0.2, 0.25) is 0 Å². The monoisotopic (exact) mass is 778 g/mol. The number of aliphatic hydroxyl groups is 1. The van der Waals surface area contributed by atoms with Gasteiger partial charge in [0.05, 0.1) is 0 Å². The van der Waals surface area contributed by atoms with Crippen LogP contribution in [0, 0.1) is 0 Å². The van der Waals surface area contributed by atoms with E-state index in [0.29, 0.717) is 18.4 Å². The molecule has 0 radical (unpaired) electrons. The second kappa shape index (κ2) is 44.0. The zero-order valence-corrected chi connectivity index (χ0v) is 38.0. The minimum atomic E-state index is 0.302. The molecule has 0 saturated heterocycles. The molecule has 0 aliphatic heterocycles. The molecule has 0 aromatic rings. The fourth-order valence-corrected chi connectivity index (χ4v) is 7.91. The van der Waals surface area contributed by atoms with Crippen LogP contribution >= 0.6 is 0 Å². The minimum absolute atomic E-state index is 0.302. The van der Waals surface area contributed by atoms with Crippen LogP contribution in [-0.4, -0.2) is 84.0 Å². The van der Waals surface area contributed by atoms with Gasteiger partial charge in [-0.3, -0.25) is 9.59 Å². The summed E-state index contributed by atoms with van der Waals surface area (Å²) in [5.74, 6) is 0.794. The lowest BCUT2D eigenvalue weighted by Crippen LogP contribution is -2.32. The van der Waals surface area contributed by atoms with Crippen LogP contribution in [0.3, 0.4) is 0 Å². The van der Waals surface area contributed by atoms with Crippen LogP contribution in [0.25, 0.3) is 0 Å². The highest BCUT2D eigenvalue weighted by atomic mass is 16.3. The molecule has 6 heteroatoms. The fraction of sp³-hybridized carbons (Fsp3) is 0.959. The van der Waals surface area contributed by atoms with Crippen LogP contribution in [-0.2, 0) is 9.59 Å². The summed E-state index contributed by atoms with van der Waals surface area (Å²) in [4.78, 5) is 33.4. The third kappa shape index (κ3) is 36.9. The maximum atomic E-state index is 13.1. The molecule has 0 saturated carbocycles. The van der Waals surface area contributed by atoms with E-state index in [1.807, 2.05) is 0 Å². The van der Waals surface area contributed by atoms with E-state index in [0.717, 1.165) is 96.9 Å². The van der Waals surface area contributed by atoms with Crippen molar-refractivity contribution in [3.63, 3.8) is 0 Å². The zero-order valence-electron chi connectivity index (χ0n) is 38.0. The summed E-state index contributed by atoms with van der Waals surface area (Å²) < 4.78 is 0. The van der Waals surface area contributed by atoms with Crippen molar-refractivity contribution in [3.05, 3.63) is 0 Å². The van der Waals surface area contributed by atoms with Gasteiger partial charge in [0.1, 0.15) is 0 Å². The van der Waals surface area contributed by atoms with E-state index in [1.54, 1.807) is 0 Å². The molecule has 55 heavy (non-hydrogen) atoms. The Kier molecular flexibility index (Phi) is 43.1. The molecule has 0 heterocycles. The molecule has 0 bridgehead atoms. The second-order valence-corrected chi connectivity index (χ2v) is 17.1. The van der Waals surface area contributed by atoms with Gasteiger partial charge in [0.15, 0.2) is 0 Å². The summed E-state index contributed by atoms with van der Waals surface area (Å²) in [6, 6.07) is 0. The van der Waals surface area contributed by atoms with E-state index in [2.05, 4.69) is 42.4 Å². The van der Waals surface area contributed by atoms with E-state index >= 15 is 0 Å². The van der Waals surface area contributed by atoms with E-state index in [9.17, 15) is 14.7 Å². The molecular formula is C49H99N3O3. The number of aliphatic hydroxyl groups excluding tert-OH is 1. The standard InChI is InChI=1S/C49H99N3O3/c1-5-9-13-17-25-35-45-51(43-33-15-11-7-3)48(54)38-28-21-19-23-30-40-50(42-32-27-37-47-53)41-31-24-20-22-29-39-49(55)52(44-34-16-12-8-4)46-36-26-18-14-10-6-2/h53H,5-47H2,1-4H3. The van der Waals surface area contributed by atoms with Gasteiger partial charge < -0.3 is 19.8 Å².